The van der Waals surface area contributed by atoms with Crippen LogP contribution >= 0.6 is 39.1 Å². The van der Waals surface area contributed by atoms with Crippen LogP contribution in [-0.2, 0) is 16.1 Å². The van der Waals surface area contributed by atoms with Crippen molar-refractivity contribution in [2.45, 2.75) is 13.5 Å². The molecule has 4 rings (SSSR count). The molecule has 1 aliphatic heterocycles. The first-order valence-electron chi connectivity index (χ1n) is 10.2. The van der Waals surface area contributed by atoms with E-state index in [9.17, 15) is 9.18 Å². The van der Waals surface area contributed by atoms with Gasteiger partial charge in [-0.3, -0.25) is 0 Å². The Kier molecular flexibility index (Phi) is 7.56. The van der Waals surface area contributed by atoms with Gasteiger partial charge in [0.15, 0.2) is 17.2 Å². The summed E-state index contributed by atoms with van der Waals surface area (Å²) in [5.41, 5.74) is 1.58. The van der Waals surface area contributed by atoms with Gasteiger partial charge in [0.25, 0.3) is 0 Å². The number of aliphatic imine (C=N–C) groups is 1. The summed E-state index contributed by atoms with van der Waals surface area (Å²) >= 11 is 15.6. The molecular formula is C25H17BrCl2FNO4. The number of rotatable bonds is 7. The summed E-state index contributed by atoms with van der Waals surface area (Å²) in [6, 6.07) is 14.6. The molecule has 174 valence electrons. The normalized spacial score (nSPS) is 14.2. The van der Waals surface area contributed by atoms with Crippen LogP contribution in [0.1, 0.15) is 23.6 Å². The molecular weight excluding hydrogens is 548 g/mol. The maximum Gasteiger partial charge on any atom is 0.363 e. The molecule has 0 saturated heterocycles. The Hall–Kier alpha value is -2.87. The van der Waals surface area contributed by atoms with E-state index in [-0.39, 0.29) is 24.0 Å². The Balaban J connectivity index is 1.63. The first-order valence-corrected chi connectivity index (χ1v) is 11.7. The lowest BCUT2D eigenvalue weighted by Crippen LogP contribution is -2.06. The lowest BCUT2D eigenvalue weighted by molar-refractivity contribution is -0.129. The first kappa shape index (κ1) is 24.3. The number of cyclic esters (lactones) is 1. The molecule has 0 spiro atoms. The lowest BCUT2D eigenvalue weighted by atomic mass is 10.1. The second-order valence-electron chi connectivity index (χ2n) is 7.10. The van der Waals surface area contributed by atoms with Gasteiger partial charge in [0.2, 0.25) is 5.90 Å². The Morgan fingerprint density at radius 3 is 2.65 bits per heavy atom. The van der Waals surface area contributed by atoms with E-state index in [0.29, 0.717) is 49.3 Å². The zero-order valence-corrected chi connectivity index (χ0v) is 20.9. The summed E-state index contributed by atoms with van der Waals surface area (Å²) in [6.07, 6.45) is 1.56. The van der Waals surface area contributed by atoms with Crippen molar-refractivity contribution in [2.75, 3.05) is 6.61 Å². The van der Waals surface area contributed by atoms with Crippen LogP contribution < -0.4 is 9.47 Å². The van der Waals surface area contributed by atoms with Gasteiger partial charge >= 0.3 is 5.97 Å². The molecule has 3 aromatic carbocycles. The molecule has 0 bridgehead atoms. The largest absolute Gasteiger partial charge is 0.490 e. The number of halogens is 4. The predicted molar refractivity (Wildman–Crippen MR) is 133 cm³/mol. The van der Waals surface area contributed by atoms with Crippen molar-refractivity contribution >= 4 is 57.1 Å². The summed E-state index contributed by atoms with van der Waals surface area (Å²) in [4.78, 5) is 16.7. The zero-order valence-electron chi connectivity index (χ0n) is 17.8. The minimum absolute atomic E-state index is 0.0214. The summed E-state index contributed by atoms with van der Waals surface area (Å²) < 4.78 is 31.4. The van der Waals surface area contributed by atoms with Gasteiger partial charge in [-0.25, -0.2) is 14.2 Å². The van der Waals surface area contributed by atoms with Gasteiger partial charge in [-0.05, 0) is 70.9 Å². The number of nitrogens with zero attached hydrogens (tertiary/aromatic N) is 1. The smallest absolute Gasteiger partial charge is 0.363 e. The van der Waals surface area contributed by atoms with Crippen LogP contribution in [-0.4, -0.2) is 18.5 Å². The van der Waals surface area contributed by atoms with E-state index in [1.807, 2.05) is 6.92 Å². The van der Waals surface area contributed by atoms with Crippen LogP contribution in [0.15, 0.2) is 69.8 Å². The van der Waals surface area contributed by atoms with Crippen molar-refractivity contribution in [3.05, 3.63) is 97.3 Å². The van der Waals surface area contributed by atoms with Crippen LogP contribution in [0.4, 0.5) is 4.39 Å². The van der Waals surface area contributed by atoms with Gasteiger partial charge in [-0.1, -0.05) is 41.4 Å². The molecule has 5 nitrogen and oxygen atoms in total. The molecule has 3 aromatic rings. The Labute approximate surface area is 213 Å². The molecule has 0 atom stereocenters. The van der Waals surface area contributed by atoms with E-state index in [2.05, 4.69) is 20.9 Å². The van der Waals surface area contributed by atoms with Gasteiger partial charge in [0.05, 0.1) is 21.7 Å². The molecule has 34 heavy (non-hydrogen) atoms. The third-order valence-electron chi connectivity index (χ3n) is 4.75. The van der Waals surface area contributed by atoms with E-state index >= 15 is 0 Å². The molecule has 0 saturated carbocycles. The highest BCUT2D eigenvalue weighted by Gasteiger charge is 2.26. The van der Waals surface area contributed by atoms with Gasteiger partial charge in [-0.2, -0.15) is 0 Å². The van der Waals surface area contributed by atoms with Gasteiger partial charge < -0.3 is 14.2 Å². The summed E-state index contributed by atoms with van der Waals surface area (Å²) in [5.74, 6) is -0.0382. The highest BCUT2D eigenvalue weighted by Crippen LogP contribution is 2.38. The average Bonchev–Trinajstić information content (AvgIpc) is 3.14. The summed E-state index contributed by atoms with van der Waals surface area (Å²) in [7, 11) is 0. The molecule has 0 aliphatic carbocycles. The van der Waals surface area contributed by atoms with E-state index in [0.717, 1.165) is 0 Å². The SMILES string of the molecule is CCOc1cc(/C=C2\N=C(c3ccc(Cl)cc3Cl)OC2=O)cc(Br)c1OCc1ccccc1F. The maximum absolute atomic E-state index is 14.0. The summed E-state index contributed by atoms with van der Waals surface area (Å²) in [6.45, 7) is 2.23. The van der Waals surface area contributed by atoms with Crippen molar-refractivity contribution in [1.82, 2.24) is 0 Å². The van der Waals surface area contributed by atoms with Crippen LogP contribution in [0, 0.1) is 5.82 Å². The van der Waals surface area contributed by atoms with Gasteiger partial charge in [0.1, 0.15) is 12.4 Å². The number of hydrogen-bond donors (Lipinski definition) is 0. The van der Waals surface area contributed by atoms with Gasteiger partial charge in [-0.15, -0.1) is 0 Å². The highest BCUT2D eigenvalue weighted by molar-refractivity contribution is 9.10. The van der Waals surface area contributed by atoms with Crippen molar-refractivity contribution < 1.29 is 23.4 Å². The number of esters is 1. The van der Waals surface area contributed by atoms with Crippen molar-refractivity contribution in [3.63, 3.8) is 0 Å². The zero-order chi connectivity index (χ0) is 24.2. The van der Waals surface area contributed by atoms with Crippen molar-refractivity contribution in [2.24, 2.45) is 4.99 Å². The molecule has 0 radical (unpaired) electrons. The number of ether oxygens (including phenoxy) is 3. The maximum atomic E-state index is 14.0. The van der Waals surface area contributed by atoms with Crippen molar-refractivity contribution in [3.8, 4) is 11.5 Å². The summed E-state index contributed by atoms with van der Waals surface area (Å²) in [5, 5.41) is 0.776. The van der Waals surface area contributed by atoms with Crippen molar-refractivity contribution in [1.29, 1.82) is 0 Å². The standard InChI is InChI=1S/C25H17BrCl2FNO4/c1-2-32-22-11-14(9-18(26)23(22)33-13-15-5-3-4-6-20(15)29)10-21-25(31)34-24(30-21)17-8-7-16(27)12-19(17)28/h3-12H,2,13H2,1H3/b21-10-. The highest BCUT2D eigenvalue weighted by atomic mass is 79.9. The van der Waals surface area contributed by atoms with Crippen LogP contribution in [0.3, 0.4) is 0 Å². The molecule has 1 aliphatic rings. The number of carbonyl (C=O) groups is 1. The van der Waals surface area contributed by atoms with E-state index in [1.54, 1.807) is 54.6 Å². The van der Waals surface area contributed by atoms with E-state index in [1.165, 1.54) is 6.07 Å². The third kappa shape index (κ3) is 5.43. The second kappa shape index (κ2) is 10.6. The third-order valence-corrected chi connectivity index (χ3v) is 5.88. The predicted octanol–water partition coefficient (Wildman–Crippen LogP) is 7.22. The quantitative estimate of drug-likeness (QED) is 0.224. The van der Waals surface area contributed by atoms with Crippen LogP contribution in [0.2, 0.25) is 10.0 Å². The fraction of sp³-hybridized carbons (Fsp3) is 0.120. The minimum atomic E-state index is -0.616. The fourth-order valence-electron chi connectivity index (χ4n) is 3.18. The van der Waals surface area contributed by atoms with Crippen LogP contribution in [0.25, 0.3) is 6.08 Å². The monoisotopic (exact) mass is 563 g/mol. The molecule has 0 N–H and O–H groups in total. The molecule has 0 fully saturated rings. The Morgan fingerprint density at radius 2 is 1.91 bits per heavy atom. The molecule has 0 amide bonds. The lowest BCUT2D eigenvalue weighted by Gasteiger charge is -2.15. The number of carbonyl (C=O) groups excluding carboxylic acids is 1. The molecule has 9 heteroatoms. The molecule has 0 unspecified atom stereocenters. The first-order chi connectivity index (χ1) is 16.4. The topological polar surface area (TPSA) is 57.1 Å². The molecule has 0 aromatic heterocycles. The van der Waals surface area contributed by atoms with Crippen LogP contribution in [0.5, 0.6) is 11.5 Å². The average molecular weight is 565 g/mol. The van der Waals surface area contributed by atoms with Gasteiger partial charge in [0, 0.05) is 10.6 Å². The number of hydrogen-bond acceptors (Lipinski definition) is 5. The Bertz CT molecular complexity index is 1330. The minimum Gasteiger partial charge on any atom is -0.490 e. The number of benzene rings is 3. The van der Waals surface area contributed by atoms with E-state index in [4.69, 9.17) is 37.4 Å². The molecule has 1 heterocycles. The fourth-order valence-corrected chi connectivity index (χ4v) is 4.25. The Morgan fingerprint density at radius 1 is 1.12 bits per heavy atom. The van der Waals surface area contributed by atoms with E-state index < -0.39 is 5.97 Å². The second-order valence-corrected chi connectivity index (χ2v) is 8.80.